The molecule has 1 saturated carbocycles. The molecule has 1 N–H and O–H groups in total. The number of anilines is 1. The average molecular weight is 431 g/mol. The van der Waals surface area contributed by atoms with Crippen LogP contribution in [0.2, 0.25) is 0 Å². The predicted molar refractivity (Wildman–Crippen MR) is 107 cm³/mol. The summed E-state index contributed by atoms with van der Waals surface area (Å²) >= 11 is 0. The fourth-order valence-electron chi connectivity index (χ4n) is 3.47. The molecule has 1 aliphatic rings. The molecule has 0 saturated heterocycles. The number of carbonyl (C=O) groups is 1. The number of nitrogens with zero attached hydrogens (tertiary/aromatic N) is 4. The molecule has 0 aliphatic heterocycles. The van der Waals surface area contributed by atoms with Crippen LogP contribution in [0.4, 0.5) is 19.0 Å². The van der Waals surface area contributed by atoms with Crippen LogP contribution >= 0.6 is 0 Å². The first kappa shape index (κ1) is 20.8. The zero-order valence-electron chi connectivity index (χ0n) is 16.8. The second-order valence-electron chi connectivity index (χ2n) is 7.65. The monoisotopic (exact) mass is 431 g/mol. The van der Waals surface area contributed by atoms with Crippen LogP contribution in [-0.2, 0) is 6.18 Å². The fourth-order valence-corrected chi connectivity index (χ4v) is 3.47. The maximum atomic E-state index is 13.1. The number of hydrogen-bond acceptors (Lipinski definition) is 4. The van der Waals surface area contributed by atoms with Gasteiger partial charge in [-0.25, -0.2) is 9.36 Å². The third-order valence-corrected chi connectivity index (χ3v) is 5.34. The normalized spacial score (nSPS) is 15.0. The van der Waals surface area contributed by atoms with Crippen molar-refractivity contribution in [3.05, 3.63) is 69.8 Å². The molecule has 2 aromatic heterocycles. The number of alkyl halides is 3. The molecule has 1 atom stereocenters. The number of nitrogens with one attached hydrogen (secondary N) is 1. The zero-order valence-corrected chi connectivity index (χ0v) is 16.8. The minimum atomic E-state index is -4.53. The first-order valence-electron chi connectivity index (χ1n) is 9.78. The van der Waals surface area contributed by atoms with Crippen molar-refractivity contribution in [1.29, 1.82) is 0 Å². The highest BCUT2D eigenvalue weighted by Gasteiger charge is 2.32. The molecule has 162 valence electrons. The Morgan fingerprint density at radius 3 is 2.65 bits per heavy atom. The van der Waals surface area contributed by atoms with Gasteiger partial charge in [-0.1, -0.05) is 6.07 Å². The lowest BCUT2D eigenvalue weighted by Gasteiger charge is -2.16. The summed E-state index contributed by atoms with van der Waals surface area (Å²) in [4.78, 5) is 25.2. The van der Waals surface area contributed by atoms with Crippen LogP contribution in [0.1, 0.15) is 47.6 Å². The Morgan fingerprint density at radius 1 is 1.23 bits per heavy atom. The summed E-state index contributed by atoms with van der Waals surface area (Å²) in [5.74, 6) is 0.165. The molecule has 1 unspecified atom stereocenters. The minimum Gasteiger partial charge on any atom is -0.305 e. The summed E-state index contributed by atoms with van der Waals surface area (Å²) in [6, 6.07) is 7.42. The Labute approximate surface area is 175 Å². The number of benzene rings is 1. The van der Waals surface area contributed by atoms with Gasteiger partial charge in [0.1, 0.15) is 5.82 Å². The summed E-state index contributed by atoms with van der Waals surface area (Å²) in [6.45, 7) is 3.54. The summed E-state index contributed by atoms with van der Waals surface area (Å²) in [6.07, 6.45) is -0.789. The third kappa shape index (κ3) is 4.23. The molecular formula is C21H20F3N5O2. The molecule has 0 radical (unpaired) electrons. The summed E-state index contributed by atoms with van der Waals surface area (Å²) < 4.78 is 42.1. The lowest BCUT2D eigenvalue weighted by Crippen LogP contribution is -2.28. The van der Waals surface area contributed by atoms with E-state index >= 15 is 0 Å². The number of carbonyl (C=O) groups excluding carboxylic acids is 1. The molecule has 0 bridgehead atoms. The first-order valence-corrected chi connectivity index (χ1v) is 9.78. The average Bonchev–Trinajstić information content (AvgIpc) is 3.46. The number of aromatic nitrogens is 4. The van der Waals surface area contributed by atoms with E-state index in [0.717, 1.165) is 29.7 Å². The Kier molecular flexibility index (Phi) is 5.16. The van der Waals surface area contributed by atoms with E-state index in [4.69, 9.17) is 0 Å². The summed E-state index contributed by atoms with van der Waals surface area (Å²) in [5, 5.41) is 11.0. The van der Waals surface area contributed by atoms with E-state index in [0.29, 0.717) is 17.4 Å². The molecule has 1 fully saturated rings. The molecule has 7 nitrogen and oxygen atoms in total. The molecule has 31 heavy (non-hydrogen) atoms. The van der Waals surface area contributed by atoms with E-state index < -0.39 is 28.8 Å². The Morgan fingerprint density at radius 2 is 1.97 bits per heavy atom. The highest BCUT2D eigenvalue weighted by Crippen LogP contribution is 2.40. The number of halogens is 3. The molecule has 3 aromatic rings. The van der Waals surface area contributed by atoms with Crippen molar-refractivity contribution in [2.24, 2.45) is 5.92 Å². The number of amides is 1. The van der Waals surface area contributed by atoms with Gasteiger partial charge in [0, 0.05) is 17.8 Å². The van der Waals surface area contributed by atoms with E-state index in [9.17, 15) is 22.8 Å². The quantitative estimate of drug-likeness (QED) is 0.663. The number of rotatable bonds is 5. The van der Waals surface area contributed by atoms with Gasteiger partial charge in [0.25, 0.3) is 5.91 Å². The Hall–Kier alpha value is -3.43. The van der Waals surface area contributed by atoms with E-state index in [1.54, 1.807) is 16.9 Å². The van der Waals surface area contributed by atoms with Crippen molar-refractivity contribution in [1.82, 2.24) is 19.6 Å². The molecule has 1 amide bonds. The molecule has 1 aliphatic carbocycles. The lowest BCUT2D eigenvalue weighted by atomic mass is 10.2. The Bertz CT molecular complexity index is 1190. The summed E-state index contributed by atoms with van der Waals surface area (Å²) in [5.41, 5.74) is -1.51. The van der Waals surface area contributed by atoms with Crippen LogP contribution in [-0.4, -0.2) is 25.5 Å². The van der Waals surface area contributed by atoms with E-state index in [1.165, 1.54) is 25.1 Å². The topological polar surface area (TPSA) is 81.8 Å². The van der Waals surface area contributed by atoms with Crippen molar-refractivity contribution in [2.75, 3.05) is 5.32 Å². The van der Waals surface area contributed by atoms with Gasteiger partial charge in [-0.05, 0) is 50.8 Å². The largest absolute Gasteiger partial charge is 0.416 e. The molecule has 4 rings (SSSR count). The third-order valence-electron chi connectivity index (χ3n) is 5.34. The van der Waals surface area contributed by atoms with Crippen molar-refractivity contribution < 1.29 is 18.0 Å². The number of hydrogen-bond donors (Lipinski definition) is 1. The van der Waals surface area contributed by atoms with Crippen LogP contribution in [0.5, 0.6) is 0 Å². The van der Waals surface area contributed by atoms with Gasteiger partial charge >= 0.3 is 6.18 Å². The van der Waals surface area contributed by atoms with E-state index in [2.05, 4.69) is 15.5 Å². The van der Waals surface area contributed by atoms with Crippen LogP contribution < -0.4 is 10.7 Å². The van der Waals surface area contributed by atoms with Gasteiger partial charge in [0.2, 0.25) is 5.43 Å². The van der Waals surface area contributed by atoms with Crippen LogP contribution in [0, 0.1) is 12.8 Å². The van der Waals surface area contributed by atoms with E-state index in [-0.39, 0.29) is 11.7 Å². The number of aryl methyl sites for hydroxylation is 1. The molecule has 1 aromatic carbocycles. The molecule has 2 heterocycles. The van der Waals surface area contributed by atoms with Crippen molar-refractivity contribution in [3.63, 3.8) is 0 Å². The highest BCUT2D eigenvalue weighted by molar-refractivity contribution is 6.02. The zero-order chi connectivity index (χ0) is 22.3. The SMILES string of the molecule is Cc1cc(=O)c(C(=O)Nc2ccnn2C(C)C2CC2)nn1-c1cccc(C(F)(F)F)c1. The molecule has 10 heteroatoms. The van der Waals surface area contributed by atoms with Crippen molar-refractivity contribution in [2.45, 2.75) is 38.9 Å². The van der Waals surface area contributed by atoms with Gasteiger partial charge in [-0.15, -0.1) is 0 Å². The minimum absolute atomic E-state index is 0.0915. The molecular weight excluding hydrogens is 411 g/mol. The smallest absolute Gasteiger partial charge is 0.305 e. The van der Waals surface area contributed by atoms with Crippen LogP contribution in [0.15, 0.2) is 47.4 Å². The Balaban J connectivity index is 1.67. The second kappa shape index (κ2) is 7.68. The standard InChI is InChI=1S/C21H20F3N5O2/c1-12-10-17(30)19(27-28(12)16-5-3-4-15(11-16)21(22,23)24)20(31)26-18-8-9-25-29(18)13(2)14-6-7-14/h3-5,8-11,13-14H,6-7H2,1-2H3,(H,26,31). The fraction of sp³-hybridized carbons (Fsp3) is 0.333. The van der Waals surface area contributed by atoms with Crippen LogP contribution in [0.3, 0.4) is 0 Å². The second-order valence-corrected chi connectivity index (χ2v) is 7.65. The van der Waals surface area contributed by atoms with Crippen molar-refractivity contribution in [3.8, 4) is 5.69 Å². The van der Waals surface area contributed by atoms with Crippen molar-refractivity contribution >= 4 is 11.7 Å². The van der Waals surface area contributed by atoms with Gasteiger partial charge in [0.05, 0.1) is 23.5 Å². The highest BCUT2D eigenvalue weighted by atomic mass is 19.4. The van der Waals surface area contributed by atoms with Gasteiger partial charge in [0.15, 0.2) is 5.69 Å². The van der Waals surface area contributed by atoms with Gasteiger partial charge in [-0.3, -0.25) is 9.59 Å². The van der Waals surface area contributed by atoms with E-state index in [1.807, 2.05) is 6.92 Å². The first-order chi connectivity index (χ1) is 14.6. The summed E-state index contributed by atoms with van der Waals surface area (Å²) in [7, 11) is 0. The van der Waals surface area contributed by atoms with Crippen LogP contribution in [0.25, 0.3) is 5.69 Å². The predicted octanol–water partition coefficient (Wildman–Crippen LogP) is 3.98. The maximum absolute atomic E-state index is 13.1. The molecule has 0 spiro atoms. The van der Waals surface area contributed by atoms with Gasteiger partial charge < -0.3 is 5.32 Å². The lowest BCUT2D eigenvalue weighted by molar-refractivity contribution is -0.137. The van der Waals surface area contributed by atoms with Gasteiger partial charge in [-0.2, -0.15) is 23.4 Å². The maximum Gasteiger partial charge on any atom is 0.416 e.